The van der Waals surface area contributed by atoms with Crippen molar-refractivity contribution in [2.45, 2.75) is 6.42 Å². The second kappa shape index (κ2) is 1.82. The summed E-state index contributed by atoms with van der Waals surface area (Å²) in [6.45, 7) is 4.43. The first-order valence-electron chi connectivity index (χ1n) is 2.36. The van der Waals surface area contributed by atoms with E-state index in [1.807, 2.05) is 6.08 Å². The van der Waals surface area contributed by atoms with Crippen molar-refractivity contribution in [1.82, 2.24) is 0 Å². The monoisotopic (exact) mass is 96.1 g/mol. The van der Waals surface area contributed by atoms with Crippen molar-refractivity contribution in [3.63, 3.8) is 0 Å². The van der Waals surface area contributed by atoms with Gasteiger partial charge in [0.05, 0.1) is 12.9 Å². The van der Waals surface area contributed by atoms with Gasteiger partial charge in [0.1, 0.15) is 0 Å². The number of hydrogen-bond donors (Lipinski definition) is 0. The Bertz CT molecular complexity index is 103. The van der Waals surface area contributed by atoms with Gasteiger partial charge in [-0.15, -0.1) is 0 Å². The number of hydrogen-bond acceptors (Lipinski definition) is 1. The number of allylic oxidation sites excluding steroid dienone is 1. The zero-order valence-corrected chi connectivity index (χ0v) is 4.18. The van der Waals surface area contributed by atoms with Crippen LogP contribution in [0.2, 0.25) is 0 Å². The van der Waals surface area contributed by atoms with Crippen LogP contribution in [-0.2, 0) is 4.74 Å². The molecule has 1 heterocycles. The van der Waals surface area contributed by atoms with Gasteiger partial charge in [0.2, 0.25) is 0 Å². The molecule has 1 aliphatic rings. The SMILES string of the molecule is C=CC1=COCC1. The van der Waals surface area contributed by atoms with Crippen LogP contribution < -0.4 is 0 Å². The molecule has 7 heavy (non-hydrogen) atoms. The Balaban J connectivity index is 2.51. The molecule has 1 rings (SSSR count). The molecule has 0 spiro atoms. The number of rotatable bonds is 1. The molecule has 1 heteroatoms. The summed E-state index contributed by atoms with van der Waals surface area (Å²) in [4.78, 5) is 0. The summed E-state index contributed by atoms with van der Waals surface area (Å²) in [6.07, 6.45) is 4.61. The van der Waals surface area contributed by atoms with Crippen molar-refractivity contribution in [1.29, 1.82) is 0 Å². The third kappa shape index (κ3) is 0.829. The molecule has 0 radical (unpaired) electrons. The Kier molecular flexibility index (Phi) is 1.16. The Labute approximate surface area is 43.3 Å². The van der Waals surface area contributed by atoms with E-state index < -0.39 is 0 Å². The molecule has 0 bridgehead atoms. The van der Waals surface area contributed by atoms with Gasteiger partial charge in [0.25, 0.3) is 0 Å². The molecule has 0 amide bonds. The molecule has 38 valence electrons. The van der Waals surface area contributed by atoms with Crippen LogP contribution in [0, 0.1) is 0 Å². The van der Waals surface area contributed by atoms with E-state index in [9.17, 15) is 0 Å². The maximum Gasteiger partial charge on any atom is 0.0914 e. The van der Waals surface area contributed by atoms with E-state index in [0.717, 1.165) is 13.0 Å². The van der Waals surface area contributed by atoms with Crippen LogP contribution in [0.15, 0.2) is 24.5 Å². The number of ether oxygens (including phenoxy) is 1. The highest BCUT2D eigenvalue weighted by Gasteiger charge is 1.97. The normalized spacial score (nSPS) is 18.0. The molecule has 0 unspecified atom stereocenters. The van der Waals surface area contributed by atoms with Crippen molar-refractivity contribution < 1.29 is 4.74 Å². The second-order valence-electron chi connectivity index (χ2n) is 1.52. The minimum Gasteiger partial charge on any atom is -0.501 e. The van der Waals surface area contributed by atoms with Crippen molar-refractivity contribution in [2.75, 3.05) is 6.61 Å². The summed E-state index contributed by atoms with van der Waals surface area (Å²) in [6, 6.07) is 0. The van der Waals surface area contributed by atoms with Gasteiger partial charge < -0.3 is 4.74 Å². The van der Waals surface area contributed by atoms with E-state index in [1.54, 1.807) is 6.26 Å². The topological polar surface area (TPSA) is 9.23 Å². The van der Waals surface area contributed by atoms with Gasteiger partial charge >= 0.3 is 0 Å². The summed E-state index contributed by atoms with van der Waals surface area (Å²) in [7, 11) is 0. The van der Waals surface area contributed by atoms with Gasteiger partial charge in [-0.25, -0.2) is 0 Å². The van der Waals surface area contributed by atoms with Gasteiger partial charge in [-0.2, -0.15) is 0 Å². The molecule has 0 aromatic heterocycles. The highest BCUT2D eigenvalue weighted by atomic mass is 16.5. The minimum atomic E-state index is 0.835. The van der Waals surface area contributed by atoms with Gasteiger partial charge in [-0.05, 0) is 5.57 Å². The van der Waals surface area contributed by atoms with Gasteiger partial charge in [-0.1, -0.05) is 12.7 Å². The predicted molar refractivity (Wildman–Crippen MR) is 28.8 cm³/mol. The largest absolute Gasteiger partial charge is 0.501 e. The van der Waals surface area contributed by atoms with Gasteiger partial charge in [-0.3, -0.25) is 0 Å². The Morgan fingerprint density at radius 1 is 1.86 bits per heavy atom. The quantitative estimate of drug-likeness (QED) is 0.480. The van der Waals surface area contributed by atoms with Gasteiger partial charge in [0, 0.05) is 6.42 Å². The molecule has 1 nitrogen and oxygen atoms in total. The zero-order valence-electron chi connectivity index (χ0n) is 4.18. The average Bonchev–Trinajstić information content (AvgIpc) is 2.14. The summed E-state index contributed by atoms with van der Waals surface area (Å²) < 4.78 is 4.91. The molecule has 1 aliphatic heterocycles. The summed E-state index contributed by atoms with van der Waals surface area (Å²) in [5.74, 6) is 0. The molecular weight excluding hydrogens is 88.1 g/mol. The van der Waals surface area contributed by atoms with Crippen LogP contribution in [0.1, 0.15) is 6.42 Å². The minimum absolute atomic E-state index is 0.835. The molecule has 0 N–H and O–H groups in total. The predicted octanol–water partition coefficient (Wildman–Crippen LogP) is 1.48. The summed E-state index contributed by atoms with van der Waals surface area (Å²) in [5.41, 5.74) is 1.21. The Morgan fingerprint density at radius 2 is 2.71 bits per heavy atom. The first kappa shape index (κ1) is 4.44. The zero-order chi connectivity index (χ0) is 5.11. The molecular formula is C6H8O. The van der Waals surface area contributed by atoms with Crippen LogP contribution >= 0.6 is 0 Å². The lowest BCUT2D eigenvalue weighted by atomic mass is 10.2. The highest BCUT2D eigenvalue weighted by Crippen LogP contribution is 2.09. The van der Waals surface area contributed by atoms with E-state index in [2.05, 4.69) is 6.58 Å². The fourth-order valence-electron chi connectivity index (χ4n) is 0.552. The van der Waals surface area contributed by atoms with Crippen molar-refractivity contribution >= 4 is 0 Å². The van der Waals surface area contributed by atoms with Crippen LogP contribution in [0.5, 0.6) is 0 Å². The third-order valence-corrected chi connectivity index (χ3v) is 1.01. The molecule has 0 saturated carbocycles. The lowest BCUT2D eigenvalue weighted by molar-refractivity contribution is 0.281. The van der Waals surface area contributed by atoms with E-state index in [4.69, 9.17) is 4.74 Å². The smallest absolute Gasteiger partial charge is 0.0914 e. The maximum absolute atomic E-state index is 4.91. The van der Waals surface area contributed by atoms with Crippen LogP contribution in [0.3, 0.4) is 0 Å². The molecule has 0 aromatic rings. The van der Waals surface area contributed by atoms with E-state index in [-0.39, 0.29) is 0 Å². The van der Waals surface area contributed by atoms with Crippen LogP contribution in [0.25, 0.3) is 0 Å². The van der Waals surface area contributed by atoms with E-state index in [0.29, 0.717) is 0 Å². The lowest BCUT2D eigenvalue weighted by Gasteiger charge is -1.80. The Morgan fingerprint density at radius 3 is 3.00 bits per heavy atom. The fourth-order valence-corrected chi connectivity index (χ4v) is 0.552. The molecule has 0 aliphatic carbocycles. The lowest BCUT2D eigenvalue weighted by Crippen LogP contribution is -1.73. The third-order valence-electron chi connectivity index (χ3n) is 1.01. The highest BCUT2D eigenvalue weighted by molar-refractivity contribution is 5.15. The van der Waals surface area contributed by atoms with Crippen molar-refractivity contribution in [3.05, 3.63) is 24.5 Å². The standard InChI is InChI=1S/C6H8O/c1-2-6-3-4-7-5-6/h2,5H,1,3-4H2. The van der Waals surface area contributed by atoms with Gasteiger partial charge in [0.15, 0.2) is 0 Å². The summed E-state index contributed by atoms with van der Waals surface area (Å²) in [5, 5.41) is 0. The van der Waals surface area contributed by atoms with E-state index in [1.165, 1.54) is 5.57 Å². The fraction of sp³-hybridized carbons (Fsp3) is 0.333. The first-order chi connectivity index (χ1) is 3.43. The van der Waals surface area contributed by atoms with Crippen LogP contribution in [0.4, 0.5) is 0 Å². The first-order valence-corrected chi connectivity index (χ1v) is 2.36. The van der Waals surface area contributed by atoms with E-state index >= 15 is 0 Å². The van der Waals surface area contributed by atoms with Crippen LogP contribution in [-0.4, -0.2) is 6.61 Å². The maximum atomic E-state index is 4.91. The molecule has 0 saturated heterocycles. The van der Waals surface area contributed by atoms with Crippen molar-refractivity contribution in [2.24, 2.45) is 0 Å². The molecule has 0 aromatic carbocycles. The molecule has 0 fully saturated rings. The summed E-state index contributed by atoms with van der Waals surface area (Å²) >= 11 is 0. The second-order valence-corrected chi connectivity index (χ2v) is 1.52. The molecule has 0 atom stereocenters. The average molecular weight is 96.1 g/mol. The Hall–Kier alpha value is -0.720. The van der Waals surface area contributed by atoms with Crippen molar-refractivity contribution in [3.8, 4) is 0 Å².